The molecule has 2 heterocycles. The number of hydrogen-bond acceptors (Lipinski definition) is 4. The Kier molecular flexibility index (Phi) is 5.56. The average molecular weight is 345 g/mol. The molecule has 1 aromatic rings. The molecule has 136 valence electrons. The van der Waals surface area contributed by atoms with Gasteiger partial charge in [0.1, 0.15) is 18.3 Å². The quantitative estimate of drug-likeness (QED) is 0.910. The van der Waals surface area contributed by atoms with Crippen molar-refractivity contribution in [1.82, 2.24) is 10.3 Å². The van der Waals surface area contributed by atoms with Crippen LogP contribution in [-0.4, -0.2) is 36.0 Å². The Labute approximate surface area is 148 Å². The van der Waals surface area contributed by atoms with Gasteiger partial charge < -0.3 is 15.0 Å². The van der Waals surface area contributed by atoms with E-state index in [1.54, 1.807) is 18.0 Å². The van der Waals surface area contributed by atoms with Crippen molar-refractivity contribution in [3.63, 3.8) is 0 Å². The molecule has 6 nitrogen and oxygen atoms in total. The molecule has 0 bridgehead atoms. The maximum atomic E-state index is 12.8. The number of ether oxygens (including phenoxy) is 1. The van der Waals surface area contributed by atoms with Gasteiger partial charge in [0.25, 0.3) is 0 Å². The Hall–Kier alpha value is -2.11. The number of carbonyl (C=O) groups excluding carboxylic acids is 2. The first-order valence-corrected chi connectivity index (χ1v) is 9.25. The third-order valence-electron chi connectivity index (χ3n) is 5.03. The first-order valence-electron chi connectivity index (χ1n) is 9.25. The highest BCUT2D eigenvalue weighted by molar-refractivity contribution is 6.00. The summed E-state index contributed by atoms with van der Waals surface area (Å²) < 4.78 is 5.53. The van der Waals surface area contributed by atoms with Gasteiger partial charge in [-0.05, 0) is 44.2 Å². The fraction of sp³-hybridized carbons (Fsp3) is 0.632. The van der Waals surface area contributed by atoms with E-state index < -0.39 is 6.04 Å². The number of anilines is 1. The molecular formula is C19H27N3O3. The number of pyridine rings is 1. The second-order valence-electron chi connectivity index (χ2n) is 7.17. The van der Waals surface area contributed by atoms with Crippen LogP contribution in [0.3, 0.4) is 0 Å². The second-order valence-corrected chi connectivity index (χ2v) is 7.17. The van der Waals surface area contributed by atoms with Crippen molar-refractivity contribution in [1.29, 1.82) is 0 Å². The zero-order valence-corrected chi connectivity index (χ0v) is 15.1. The van der Waals surface area contributed by atoms with Crippen LogP contribution in [0.1, 0.15) is 51.0 Å². The molecule has 25 heavy (non-hydrogen) atoms. The van der Waals surface area contributed by atoms with E-state index in [1.807, 2.05) is 13.0 Å². The van der Waals surface area contributed by atoms with E-state index in [1.165, 1.54) is 19.3 Å². The molecule has 1 fully saturated rings. The Morgan fingerprint density at radius 2 is 2.12 bits per heavy atom. The van der Waals surface area contributed by atoms with Crippen molar-refractivity contribution in [3.8, 4) is 5.88 Å². The standard InChI is InChI=1S/C19H27N3O3/c1-13-10-16-18(20-12-13)25-9-8-22(16)19(24)14(2)21-17(23)11-15-6-4-3-5-7-15/h10,12,14-15H,3-9,11H2,1-2H3,(H,21,23). The van der Waals surface area contributed by atoms with Crippen LogP contribution in [0.2, 0.25) is 0 Å². The van der Waals surface area contributed by atoms with Crippen LogP contribution < -0.4 is 15.0 Å². The summed E-state index contributed by atoms with van der Waals surface area (Å²) in [5.74, 6) is 0.801. The molecule has 0 spiro atoms. The van der Waals surface area contributed by atoms with Gasteiger partial charge in [-0.15, -0.1) is 0 Å². The summed E-state index contributed by atoms with van der Waals surface area (Å²) in [4.78, 5) is 31.0. The van der Waals surface area contributed by atoms with Crippen LogP contribution in [0.4, 0.5) is 5.69 Å². The van der Waals surface area contributed by atoms with Crippen molar-refractivity contribution in [2.75, 3.05) is 18.1 Å². The minimum absolute atomic E-state index is 0.0244. The van der Waals surface area contributed by atoms with Crippen molar-refractivity contribution in [2.24, 2.45) is 5.92 Å². The van der Waals surface area contributed by atoms with E-state index in [2.05, 4.69) is 10.3 Å². The van der Waals surface area contributed by atoms with Gasteiger partial charge in [-0.1, -0.05) is 19.3 Å². The number of aromatic nitrogens is 1. The summed E-state index contributed by atoms with van der Waals surface area (Å²) in [5, 5.41) is 2.88. The third-order valence-corrected chi connectivity index (χ3v) is 5.03. The molecule has 2 aliphatic rings. The Balaban J connectivity index is 1.61. The molecule has 2 amide bonds. The van der Waals surface area contributed by atoms with Gasteiger partial charge in [0.05, 0.1) is 6.54 Å². The van der Waals surface area contributed by atoms with Crippen LogP contribution in [0.15, 0.2) is 12.3 Å². The highest BCUT2D eigenvalue weighted by Crippen LogP contribution is 2.30. The van der Waals surface area contributed by atoms with E-state index in [0.717, 1.165) is 18.4 Å². The SMILES string of the molecule is Cc1cnc2c(c1)N(C(=O)C(C)NC(=O)CC1CCCCC1)CCO2. The first kappa shape index (κ1) is 17.7. The average Bonchev–Trinajstić information content (AvgIpc) is 2.61. The highest BCUT2D eigenvalue weighted by Gasteiger charge is 2.29. The minimum atomic E-state index is -0.553. The summed E-state index contributed by atoms with van der Waals surface area (Å²) in [5.41, 5.74) is 1.65. The summed E-state index contributed by atoms with van der Waals surface area (Å²) in [6.07, 6.45) is 8.19. The second kappa shape index (κ2) is 7.85. The van der Waals surface area contributed by atoms with Gasteiger partial charge in [0.15, 0.2) is 0 Å². The third kappa shape index (κ3) is 4.30. The fourth-order valence-electron chi connectivity index (χ4n) is 3.68. The molecule has 0 saturated heterocycles. The maximum Gasteiger partial charge on any atom is 0.249 e. The zero-order chi connectivity index (χ0) is 17.8. The maximum absolute atomic E-state index is 12.8. The normalized spacial score (nSPS) is 18.9. The lowest BCUT2D eigenvalue weighted by Crippen LogP contribution is -2.49. The van der Waals surface area contributed by atoms with Crippen LogP contribution in [0.5, 0.6) is 5.88 Å². The zero-order valence-electron chi connectivity index (χ0n) is 15.1. The smallest absolute Gasteiger partial charge is 0.249 e. The largest absolute Gasteiger partial charge is 0.474 e. The molecule has 3 rings (SSSR count). The molecule has 1 N–H and O–H groups in total. The Bertz CT molecular complexity index is 641. The number of carbonyl (C=O) groups is 2. The monoisotopic (exact) mass is 345 g/mol. The summed E-state index contributed by atoms with van der Waals surface area (Å²) in [7, 11) is 0. The molecule has 1 saturated carbocycles. The molecule has 1 atom stereocenters. The van der Waals surface area contributed by atoms with E-state index in [9.17, 15) is 9.59 Å². The number of nitrogens with one attached hydrogen (secondary N) is 1. The molecule has 6 heteroatoms. The molecular weight excluding hydrogens is 318 g/mol. The highest BCUT2D eigenvalue weighted by atomic mass is 16.5. The number of fused-ring (bicyclic) bond motifs is 1. The van der Waals surface area contributed by atoms with Crippen molar-refractivity contribution in [2.45, 2.75) is 58.4 Å². The topological polar surface area (TPSA) is 71.5 Å². The van der Waals surface area contributed by atoms with Gasteiger partial charge in [-0.2, -0.15) is 0 Å². The summed E-state index contributed by atoms with van der Waals surface area (Å²) in [6.45, 7) is 4.57. The number of nitrogens with zero attached hydrogens (tertiary/aromatic N) is 2. The number of amides is 2. The van der Waals surface area contributed by atoms with Crippen molar-refractivity contribution in [3.05, 3.63) is 17.8 Å². The van der Waals surface area contributed by atoms with Gasteiger partial charge in [-0.3, -0.25) is 9.59 Å². The van der Waals surface area contributed by atoms with Crippen LogP contribution in [0.25, 0.3) is 0 Å². The number of aryl methyl sites for hydroxylation is 1. The lowest BCUT2D eigenvalue weighted by Gasteiger charge is -2.31. The van der Waals surface area contributed by atoms with Crippen LogP contribution in [-0.2, 0) is 9.59 Å². The van der Waals surface area contributed by atoms with Gasteiger partial charge >= 0.3 is 0 Å². The summed E-state index contributed by atoms with van der Waals surface area (Å²) in [6, 6.07) is 1.35. The Morgan fingerprint density at radius 3 is 2.88 bits per heavy atom. The van der Waals surface area contributed by atoms with E-state index >= 15 is 0 Å². The van der Waals surface area contributed by atoms with E-state index in [-0.39, 0.29) is 11.8 Å². The van der Waals surface area contributed by atoms with Crippen molar-refractivity contribution < 1.29 is 14.3 Å². The van der Waals surface area contributed by atoms with Gasteiger partial charge in [-0.25, -0.2) is 4.98 Å². The molecule has 1 aromatic heterocycles. The number of hydrogen-bond donors (Lipinski definition) is 1. The lowest BCUT2D eigenvalue weighted by molar-refractivity contribution is -0.128. The van der Waals surface area contributed by atoms with Crippen LogP contribution in [0, 0.1) is 12.8 Å². The van der Waals surface area contributed by atoms with Crippen LogP contribution >= 0.6 is 0 Å². The predicted molar refractivity (Wildman–Crippen MR) is 95.6 cm³/mol. The first-order chi connectivity index (χ1) is 12.0. The van der Waals surface area contributed by atoms with E-state index in [4.69, 9.17) is 4.74 Å². The molecule has 1 unspecified atom stereocenters. The van der Waals surface area contributed by atoms with E-state index in [0.29, 0.717) is 37.1 Å². The predicted octanol–water partition coefficient (Wildman–Crippen LogP) is 2.59. The molecule has 0 aromatic carbocycles. The van der Waals surface area contributed by atoms with Crippen molar-refractivity contribution >= 4 is 17.5 Å². The molecule has 1 aliphatic carbocycles. The Morgan fingerprint density at radius 1 is 1.36 bits per heavy atom. The fourth-order valence-corrected chi connectivity index (χ4v) is 3.68. The number of rotatable bonds is 4. The minimum Gasteiger partial charge on any atom is -0.474 e. The lowest BCUT2D eigenvalue weighted by atomic mass is 9.87. The van der Waals surface area contributed by atoms with Gasteiger partial charge in [0, 0.05) is 12.6 Å². The van der Waals surface area contributed by atoms with Gasteiger partial charge in [0.2, 0.25) is 17.7 Å². The molecule has 0 radical (unpaired) electrons. The molecule has 1 aliphatic heterocycles. The summed E-state index contributed by atoms with van der Waals surface area (Å²) >= 11 is 0.